The van der Waals surface area contributed by atoms with Crippen LogP contribution < -0.4 is 0 Å². The molecule has 2 rings (SSSR count). The Kier molecular flexibility index (Phi) is 6.08. The van der Waals surface area contributed by atoms with E-state index < -0.39 is 25.8 Å². The van der Waals surface area contributed by atoms with Gasteiger partial charge in [0.15, 0.2) is 0 Å². The summed E-state index contributed by atoms with van der Waals surface area (Å²) in [6.07, 6.45) is 1.29. The van der Waals surface area contributed by atoms with Crippen LogP contribution >= 0.6 is 0 Å². The van der Waals surface area contributed by atoms with Gasteiger partial charge in [-0.1, -0.05) is 12.1 Å². The van der Waals surface area contributed by atoms with E-state index in [4.69, 9.17) is 4.74 Å². The standard InChI is InChI=1S/C16H19F3N2O3S/c1-24-10-9-21-7-5-12(6-8-21)13-3-2-4-15(14(13)11-20)25(22,23)16(17,18)19/h2-4,12H,5-10H2,1H3. The van der Waals surface area contributed by atoms with E-state index in [-0.39, 0.29) is 5.92 Å². The van der Waals surface area contributed by atoms with Crippen molar-refractivity contribution in [3.8, 4) is 6.07 Å². The van der Waals surface area contributed by atoms with Gasteiger partial charge in [0.25, 0.3) is 9.84 Å². The quantitative estimate of drug-likeness (QED) is 0.790. The molecule has 0 aromatic heterocycles. The Morgan fingerprint density at radius 1 is 1.32 bits per heavy atom. The predicted octanol–water partition coefficient (Wildman–Crippen LogP) is 2.68. The maximum absolute atomic E-state index is 12.9. The lowest BCUT2D eigenvalue weighted by Gasteiger charge is -2.32. The fraction of sp³-hybridized carbons (Fsp3) is 0.562. The van der Waals surface area contributed by atoms with E-state index in [1.54, 1.807) is 19.2 Å². The third kappa shape index (κ3) is 4.14. The van der Waals surface area contributed by atoms with Crippen LogP contribution in [0.4, 0.5) is 13.2 Å². The maximum atomic E-state index is 12.9. The van der Waals surface area contributed by atoms with Crippen LogP contribution in [0.5, 0.6) is 0 Å². The molecule has 1 aromatic carbocycles. The summed E-state index contributed by atoms with van der Waals surface area (Å²) in [7, 11) is -3.94. The number of rotatable bonds is 5. The average molecular weight is 376 g/mol. The molecule has 0 amide bonds. The van der Waals surface area contributed by atoms with Crippen molar-refractivity contribution in [2.45, 2.75) is 29.2 Å². The highest BCUT2D eigenvalue weighted by Gasteiger charge is 2.48. The van der Waals surface area contributed by atoms with Gasteiger partial charge in [0.1, 0.15) is 6.07 Å². The van der Waals surface area contributed by atoms with Crippen molar-refractivity contribution in [1.29, 1.82) is 5.26 Å². The van der Waals surface area contributed by atoms with E-state index in [1.807, 2.05) is 0 Å². The van der Waals surface area contributed by atoms with E-state index in [2.05, 4.69) is 4.90 Å². The second kappa shape index (κ2) is 7.72. The highest BCUT2D eigenvalue weighted by Crippen LogP contribution is 2.37. The molecular formula is C16H19F3N2O3S. The summed E-state index contributed by atoms with van der Waals surface area (Å²) in [5, 5.41) is 9.32. The van der Waals surface area contributed by atoms with Crippen LogP contribution in [0.15, 0.2) is 23.1 Å². The van der Waals surface area contributed by atoms with Crippen LogP contribution in [0.25, 0.3) is 0 Å². The minimum Gasteiger partial charge on any atom is -0.383 e. The number of nitriles is 1. The van der Waals surface area contributed by atoms with Gasteiger partial charge in [-0.25, -0.2) is 8.42 Å². The van der Waals surface area contributed by atoms with Crippen LogP contribution in [0.2, 0.25) is 0 Å². The lowest BCUT2D eigenvalue weighted by atomic mass is 9.87. The van der Waals surface area contributed by atoms with Crippen molar-refractivity contribution in [3.63, 3.8) is 0 Å². The van der Waals surface area contributed by atoms with Crippen LogP contribution in [0.1, 0.15) is 29.9 Å². The molecule has 0 spiro atoms. The number of ether oxygens (including phenoxy) is 1. The first-order valence-corrected chi connectivity index (χ1v) is 9.26. The third-order valence-electron chi connectivity index (χ3n) is 4.40. The second-order valence-corrected chi connectivity index (χ2v) is 7.80. The molecule has 0 aliphatic carbocycles. The number of piperidine rings is 1. The van der Waals surface area contributed by atoms with Crippen LogP contribution in [0.3, 0.4) is 0 Å². The Hall–Kier alpha value is -1.63. The number of alkyl halides is 3. The lowest BCUT2D eigenvalue weighted by Crippen LogP contribution is -2.35. The van der Waals surface area contributed by atoms with E-state index in [1.165, 1.54) is 6.07 Å². The number of sulfone groups is 1. The summed E-state index contributed by atoms with van der Waals surface area (Å²) in [4.78, 5) is 1.21. The first kappa shape index (κ1) is 19.7. The number of hydrogen-bond donors (Lipinski definition) is 0. The molecule has 1 aliphatic heterocycles. The predicted molar refractivity (Wildman–Crippen MR) is 84.7 cm³/mol. The van der Waals surface area contributed by atoms with Crippen molar-refractivity contribution in [3.05, 3.63) is 29.3 Å². The highest BCUT2D eigenvalue weighted by molar-refractivity contribution is 7.92. The number of halogens is 3. The van der Waals surface area contributed by atoms with Gasteiger partial charge < -0.3 is 9.64 Å². The smallest absolute Gasteiger partial charge is 0.383 e. The molecule has 0 saturated carbocycles. The zero-order chi connectivity index (χ0) is 18.7. The van der Waals surface area contributed by atoms with Gasteiger partial charge in [-0.2, -0.15) is 18.4 Å². The molecule has 5 nitrogen and oxygen atoms in total. The summed E-state index contributed by atoms with van der Waals surface area (Å²) < 4.78 is 67.1. The fourth-order valence-corrected chi connectivity index (χ4v) is 3.98. The Balaban J connectivity index is 2.30. The summed E-state index contributed by atoms with van der Waals surface area (Å²) >= 11 is 0. The zero-order valence-electron chi connectivity index (χ0n) is 13.7. The first-order valence-electron chi connectivity index (χ1n) is 7.78. The largest absolute Gasteiger partial charge is 0.501 e. The second-order valence-electron chi connectivity index (χ2n) is 5.89. The Labute approximate surface area is 144 Å². The number of likely N-dealkylation sites (tertiary alicyclic amines) is 1. The van der Waals surface area contributed by atoms with E-state index in [0.29, 0.717) is 25.0 Å². The average Bonchev–Trinajstić information content (AvgIpc) is 2.58. The molecule has 0 unspecified atom stereocenters. The van der Waals surface area contributed by atoms with E-state index in [0.717, 1.165) is 25.7 Å². The van der Waals surface area contributed by atoms with Gasteiger partial charge in [0.05, 0.1) is 17.1 Å². The first-order chi connectivity index (χ1) is 11.7. The van der Waals surface area contributed by atoms with Gasteiger partial charge in [0, 0.05) is 13.7 Å². The van der Waals surface area contributed by atoms with Gasteiger partial charge in [-0.05, 0) is 43.5 Å². The molecule has 1 saturated heterocycles. The third-order valence-corrected chi connectivity index (χ3v) is 5.93. The summed E-state index contributed by atoms with van der Waals surface area (Å²) in [5.41, 5.74) is -5.45. The Bertz CT molecular complexity index is 749. The highest BCUT2D eigenvalue weighted by atomic mass is 32.2. The molecule has 1 aromatic rings. The number of methoxy groups -OCH3 is 1. The molecule has 1 heterocycles. The van der Waals surface area contributed by atoms with Crippen LogP contribution in [-0.2, 0) is 14.6 Å². The molecule has 0 N–H and O–H groups in total. The summed E-state index contributed by atoms with van der Waals surface area (Å²) in [6.45, 7) is 2.79. The molecule has 0 bridgehead atoms. The molecule has 0 atom stereocenters. The monoisotopic (exact) mass is 376 g/mol. The molecule has 1 fully saturated rings. The molecular weight excluding hydrogens is 357 g/mol. The van der Waals surface area contributed by atoms with Crippen LogP contribution in [-0.4, -0.2) is 52.2 Å². The van der Waals surface area contributed by atoms with Crippen molar-refractivity contribution in [2.24, 2.45) is 0 Å². The summed E-state index contributed by atoms with van der Waals surface area (Å²) in [5.74, 6) is -0.142. The molecule has 138 valence electrons. The van der Waals surface area contributed by atoms with Crippen LogP contribution in [0, 0.1) is 11.3 Å². The number of hydrogen-bond acceptors (Lipinski definition) is 5. The SMILES string of the molecule is COCCN1CCC(c2cccc(S(=O)(=O)C(F)(F)F)c2C#N)CC1. The minimum absolute atomic E-state index is 0.142. The minimum atomic E-state index is -5.55. The van der Waals surface area contributed by atoms with Crippen molar-refractivity contribution in [1.82, 2.24) is 4.90 Å². The Morgan fingerprint density at radius 3 is 2.48 bits per heavy atom. The fourth-order valence-electron chi connectivity index (χ4n) is 3.04. The molecule has 25 heavy (non-hydrogen) atoms. The lowest BCUT2D eigenvalue weighted by molar-refractivity contribution is -0.0436. The topological polar surface area (TPSA) is 70.4 Å². The van der Waals surface area contributed by atoms with Gasteiger partial charge in [-0.15, -0.1) is 0 Å². The molecule has 1 aliphatic rings. The molecule has 9 heteroatoms. The van der Waals surface area contributed by atoms with E-state index >= 15 is 0 Å². The van der Waals surface area contributed by atoms with Gasteiger partial charge in [0.2, 0.25) is 0 Å². The number of benzene rings is 1. The number of nitrogens with zero attached hydrogens (tertiary/aromatic N) is 2. The normalized spacial score (nSPS) is 17.4. The zero-order valence-corrected chi connectivity index (χ0v) is 14.5. The van der Waals surface area contributed by atoms with Crippen molar-refractivity contribution < 1.29 is 26.3 Å². The Morgan fingerprint density at radius 2 is 1.96 bits per heavy atom. The van der Waals surface area contributed by atoms with E-state index in [9.17, 15) is 26.9 Å². The summed E-state index contributed by atoms with van der Waals surface area (Å²) in [6, 6.07) is 5.33. The van der Waals surface area contributed by atoms with Crippen molar-refractivity contribution >= 4 is 9.84 Å². The van der Waals surface area contributed by atoms with Gasteiger partial charge in [-0.3, -0.25) is 0 Å². The molecule has 0 radical (unpaired) electrons. The van der Waals surface area contributed by atoms with Crippen molar-refractivity contribution in [2.75, 3.05) is 33.4 Å². The maximum Gasteiger partial charge on any atom is 0.501 e. The van der Waals surface area contributed by atoms with Gasteiger partial charge >= 0.3 is 5.51 Å².